The van der Waals surface area contributed by atoms with Crippen LogP contribution in [0.3, 0.4) is 0 Å². The van der Waals surface area contributed by atoms with E-state index in [0.29, 0.717) is 12.1 Å². The van der Waals surface area contributed by atoms with Crippen molar-refractivity contribution in [1.29, 1.82) is 0 Å². The average Bonchev–Trinajstić information content (AvgIpc) is 2.48. The minimum Gasteiger partial charge on any atom is -0.493 e. The smallest absolute Gasteiger partial charge is 0.161 e. The van der Waals surface area contributed by atoms with E-state index in [9.17, 15) is 0 Å². The van der Waals surface area contributed by atoms with Crippen LogP contribution in [0.25, 0.3) is 0 Å². The molecule has 21 heavy (non-hydrogen) atoms. The Hall–Kier alpha value is -1.26. The molecule has 0 radical (unpaired) electrons. The van der Waals surface area contributed by atoms with E-state index in [0.717, 1.165) is 31.1 Å². The zero-order valence-electron chi connectivity index (χ0n) is 13.7. The summed E-state index contributed by atoms with van der Waals surface area (Å²) >= 11 is 0. The first-order chi connectivity index (χ1) is 10.1. The van der Waals surface area contributed by atoms with Gasteiger partial charge in [0.1, 0.15) is 0 Å². The molecule has 4 nitrogen and oxygen atoms in total. The van der Waals surface area contributed by atoms with Gasteiger partial charge in [-0.25, -0.2) is 0 Å². The lowest BCUT2D eigenvalue weighted by Crippen LogP contribution is -2.42. The van der Waals surface area contributed by atoms with Gasteiger partial charge in [-0.05, 0) is 57.5 Å². The molecule has 1 aromatic carbocycles. The number of ether oxygens (including phenoxy) is 2. The van der Waals surface area contributed by atoms with Gasteiger partial charge in [-0.1, -0.05) is 6.07 Å². The van der Waals surface area contributed by atoms with E-state index in [-0.39, 0.29) is 0 Å². The fourth-order valence-corrected chi connectivity index (χ4v) is 2.91. The van der Waals surface area contributed by atoms with Crippen molar-refractivity contribution in [3.8, 4) is 11.5 Å². The van der Waals surface area contributed by atoms with Crippen LogP contribution in [0.5, 0.6) is 11.5 Å². The molecule has 2 rings (SSSR count). The lowest BCUT2D eigenvalue weighted by molar-refractivity contribution is 0.211. The highest BCUT2D eigenvalue weighted by atomic mass is 16.5. The fraction of sp³-hybridized carbons (Fsp3) is 0.647. The van der Waals surface area contributed by atoms with Crippen molar-refractivity contribution in [2.45, 2.75) is 45.3 Å². The molecule has 0 amide bonds. The summed E-state index contributed by atoms with van der Waals surface area (Å²) in [5, 5.41) is 3.64. The summed E-state index contributed by atoms with van der Waals surface area (Å²) in [6.45, 7) is 7.79. The van der Waals surface area contributed by atoms with Gasteiger partial charge in [0, 0.05) is 18.6 Å². The predicted molar refractivity (Wildman–Crippen MR) is 86.1 cm³/mol. The highest BCUT2D eigenvalue weighted by molar-refractivity contribution is 5.42. The molecule has 1 N–H and O–H groups in total. The van der Waals surface area contributed by atoms with Gasteiger partial charge in [0.2, 0.25) is 0 Å². The normalized spacial score (nSPS) is 24.2. The Balaban J connectivity index is 2.02. The summed E-state index contributed by atoms with van der Waals surface area (Å²) in [4.78, 5) is 2.54. The molecule has 1 aliphatic rings. The molecule has 0 aromatic heterocycles. The van der Waals surface area contributed by atoms with Gasteiger partial charge in [0.25, 0.3) is 0 Å². The number of methoxy groups -OCH3 is 2. The number of rotatable bonds is 4. The van der Waals surface area contributed by atoms with Crippen molar-refractivity contribution < 1.29 is 9.47 Å². The van der Waals surface area contributed by atoms with Gasteiger partial charge >= 0.3 is 0 Å². The Labute approximate surface area is 128 Å². The Morgan fingerprint density at radius 2 is 1.67 bits per heavy atom. The SMILES string of the molecule is COc1ccc(CN2CCC(C)NC(C)CC2)cc1OC. The first kappa shape index (κ1) is 16.1. The van der Waals surface area contributed by atoms with Crippen LogP contribution >= 0.6 is 0 Å². The van der Waals surface area contributed by atoms with E-state index >= 15 is 0 Å². The predicted octanol–water partition coefficient (Wildman–Crippen LogP) is 2.67. The van der Waals surface area contributed by atoms with Crippen LogP contribution in [-0.2, 0) is 6.54 Å². The summed E-state index contributed by atoms with van der Waals surface area (Å²) in [7, 11) is 3.36. The Bertz CT molecular complexity index is 438. The van der Waals surface area contributed by atoms with E-state index in [2.05, 4.69) is 36.2 Å². The third kappa shape index (κ3) is 4.61. The summed E-state index contributed by atoms with van der Waals surface area (Å²) in [5.41, 5.74) is 1.28. The third-order valence-electron chi connectivity index (χ3n) is 4.18. The van der Waals surface area contributed by atoms with Crippen molar-refractivity contribution in [2.24, 2.45) is 0 Å². The van der Waals surface area contributed by atoms with Crippen LogP contribution in [0.2, 0.25) is 0 Å². The first-order valence-electron chi connectivity index (χ1n) is 7.81. The molecule has 4 heteroatoms. The van der Waals surface area contributed by atoms with E-state index in [4.69, 9.17) is 9.47 Å². The largest absolute Gasteiger partial charge is 0.493 e. The summed E-state index contributed by atoms with van der Waals surface area (Å²) in [5.74, 6) is 1.60. The maximum Gasteiger partial charge on any atom is 0.161 e. The maximum absolute atomic E-state index is 5.39. The standard InChI is InChI=1S/C17H28N2O2/c1-13-7-9-19(10-8-14(2)18-13)12-15-5-6-16(20-3)17(11-15)21-4/h5-6,11,13-14,18H,7-10,12H2,1-4H3. The molecule has 1 heterocycles. The van der Waals surface area contributed by atoms with Gasteiger partial charge in [-0.3, -0.25) is 4.90 Å². The first-order valence-corrected chi connectivity index (χ1v) is 7.81. The molecule has 1 aliphatic heterocycles. The highest BCUT2D eigenvalue weighted by Gasteiger charge is 2.16. The molecule has 1 aromatic rings. The molecule has 0 aliphatic carbocycles. The number of hydrogen-bond acceptors (Lipinski definition) is 4. The Morgan fingerprint density at radius 1 is 1.05 bits per heavy atom. The molecule has 2 unspecified atom stereocenters. The molecule has 0 saturated carbocycles. The van der Waals surface area contributed by atoms with Gasteiger partial charge in [0.05, 0.1) is 14.2 Å². The van der Waals surface area contributed by atoms with Crippen LogP contribution in [-0.4, -0.2) is 44.3 Å². The van der Waals surface area contributed by atoms with Gasteiger partial charge < -0.3 is 14.8 Å². The maximum atomic E-state index is 5.39. The van der Waals surface area contributed by atoms with Crippen LogP contribution in [0.15, 0.2) is 18.2 Å². The van der Waals surface area contributed by atoms with Crippen molar-refractivity contribution in [1.82, 2.24) is 10.2 Å². The van der Waals surface area contributed by atoms with Gasteiger partial charge in [0.15, 0.2) is 11.5 Å². The molecular formula is C17H28N2O2. The second-order valence-corrected chi connectivity index (χ2v) is 6.01. The Kier molecular flexibility index (Phi) is 5.88. The molecule has 0 spiro atoms. The van der Waals surface area contributed by atoms with Crippen molar-refractivity contribution in [2.75, 3.05) is 27.3 Å². The van der Waals surface area contributed by atoms with Crippen molar-refractivity contribution in [3.05, 3.63) is 23.8 Å². The minimum absolute atomic E-state index is 0.591. The van der Waals surface area contributed by atoms with E-state index in [1.807, 2.05) is 6.07 Å². The lowest BCUT2D eigenvalue weighted by atomic mass is 10.1. The van der Waals surface area contributed by atoms with Gasteiger partial charge in [-0.15, -0.1) is 0 Å². The Morgan fingerprint density at radius 3 is 2.24 bits per heavy atom. The zero-order chi connectivity index (χ0) is 15.2. The monoisotopic (exact) mass is 292 g/mol. The molecular weight excluding hydrogens is 264 g/mol. The minimum atomic E-state index is 0.591. The third-order valence-corrected chi connectivity index (χ3v) is 4.18. The zero-order valence-corrected chi connectivity index (χ0v) is 13.7. The van der Waals surface area contributed by atoms with Crippen LogP contribution < -0.4 is 14.8 Å². The topological polar surface area (TPSA) is 33.7 Å². The lowest BCUT2D eigenvalue weighted by Gasteiger charge is -2.31. The summed E-state index contributed by atoms with van der Waals surface area (Å²) in [6.07, 6.45) is 2.38. The quantitative estimate of drug-likeness (QED) is 0.925. The summed E-state index contributed by atoms with van der Waals surface area (Å²) in [6, 6.07) is 7.39. The molecule has 2 atom stereocenters. The molecule has 118 valence electrons. The number of hydrogen-bond donors (Lipinski definition) is 1. The molecule has 1 fully saturated rings. The van der Waals surface area contributed by atoms with Crippen LogP contribution in [0.4, 0.5) is 0 Å². The van der Waals surface area contributed by atoms with Crippen molar-refractivity contribution in [3.63, 3.8) is 0 Å². The van der Waals surface area contributed by atoms with Crippen LogP contribution in [0.1, 0.15) is 32.3 Å². The number of nitrogens with zero attached hydrogens (tertiary/aromatic N) is 1. The second kappa shape index (κ2) is 7.66. The van der Waals surface area contributed by atoms with Crippen molar-refractivity contribution >= 4 is 0 Å². The van der Waals surface area contributed by atoms with E-state index in [1.54, 1.807) is 14.2 Å². The fourth-order valence-electron chi connectivity index (χ4n) is 2.91. The number of benzene rings is 1. The van der Waals surface area contributed by atoms with Gasteiger partial charge in [-0.2, -0.15) is 0 Å². The second-order valence-electron chi connectivity index (χ2n) is 6.01. The molecule has 0 bridgehead atoms. The highest BCUT2D eigenvalue weighted by Crippen LogP contribution is 2.28. The average molecular weight is 292 g/mol. The van der Waals surface area contributed by atoms with Crippen LogP contribution in [0, 0.1) is 0 Å². The van der Waals surface area contributed by atoms with E-state index in [1.165, 1.54) is 18.4 Å². The summed E-state index contributed by atoms with van der Waals surface area (Å²) < 4.78 is 10.7. The van der Waals surface area contributed by atoms with E-state index < -0.39 is 0 Å². The number of nitrogens with one attached hydrogen (secondary N) is 1. The molecule has 1 saturated heterocycles.